The summed E-state index contributed by atoms with van der Waals surface area (Å²) in [7, 11) is 0. The number of pyridine rings is 2. The van der Waals surface area contributed by atoms with Crippen LogP contribution in [0.15, 0.2) is 84.1 Å². The average Bonchev–Trinajstić information content (AvgIpc) is 3.60. The van der Waals surface area contributed by atoms with Crippen molar-refractivity contribution in [1.82, 2.24) is 4.05 Å². The van der Waals surface area contributed by atoms with E-state index in [1.165, 1.54) is 49.6 Å². The lowest BCUT2D eigenvalue weighted by molar-refractivity contribution is -0.923. The maximum absolute atomic E-state index is 12.9. The summed E-state index contributed by atoms with van der Waals surface area (Å²) < 4.78 is 3.63. The van der Waals surface area contributed by atoms with Gasteiger partial charge in [-0.1, -0.05) is 12.1 Å². The molecule has 36 heavy (non-hydrogen) atoms. The Labute approximate surface area is 224 Å². The summed E-state index contributed by atoms with van der Waals surface area (Å²) in [4.78, 5) is 50.4. The molecule has 0 spiro atoms. The van der Waals surface area contributed by atoms with Crippen LogP contribution in [0.25, 0.3) is 0 Å². The number of aromatic nitrogens is 2. The van der Waals surface area contributed by atoms with Crippen LogP contribution in [0.3, 0.4) is 0 Å². The minimum atomic E-state index is -1.03. The van der Waals surface area contributed by atoms with Crippen LogP contribution >= 0.6 is 46.2 Å². The topological polar surface area (TPSA) is 82.5 Å². The maximum atomic E-state index is 12.9. The van der Waals surface area contributed by atoms with E-state index in [9.17, 15) is 19.2 Å². The van der Waals surface area contributed by atoms with Crippen molar-refractivity contribution >= 4 is 70.4 Å². The third-order valence-corrected chi connectivity index (χ3v) is 7.29. The van der Waals surface area contributed by atoms with Gasteiger partial charge in [-0.25, -0.2) is 0 Å². The molecule has 2 atom stereocenters. The zero-order valence-corrected chi connectivity index (χ0v) is 21.5. The van der Waals surface area contributed by atoms with E-state index in [-0.39, 0.29) is 11.6 Å². The van der Waals surface area contributed by atoms with E-state index < -0.39 is 11.8 Å². The van der Waals surface area contributed by atoms with Crippen molar-refractivity contribution in [2.75, 3.05) is 5.23 Å². The number of hydrogen-bond donors (Lipinski definition) is 0. The first-order valence-electron chi connectivity index (χ1n) is 10.5. The largest absolute Gasteiger partial charge is 0.302 e. The first kappa shape index (κ1) is 25.8. The van der Waals surface area contributed by atoms with Gasteiger partial charge < -0.3 is 9.59 Å². The predicted octanol–water partition coefficient (Wildman–Crippen LogP) is 3.64. The Balaban J connectivity index is 1.69. The van der Waals surface area contributed by atoms with Gasteiger partial charge in [-0.05, 0) is 44.4 Å². The monoisotopic (exact) mass is 560 g/mol. The van der Waals surface area contributed by atoms with Gasteiger partial charge in [0.25, 0.3) is 0 Å². The second-order valence-corrected chi connectivity index (χ2v) is 10.1. The number of carbonyl (C=O) groups is 4. The summed E-state index contributed by atoms with van der Waals surface area (Å²) >= 11 is 14.8. The highest BCUT2D eigenvalue weighted by Gasteiger charge is 2.34. The average molecular weight is 561 g/mol. The number of aldehydes is 2. The third-order valence-electron chi connectivity index (χ3n) is 5.25. The predicted molar refractivity (Wildman–Crippen MR) is 135 cm³/mol. The summed E-state index contributed by atoms with van der Waals surface area (Å²) in [6.07, 6.45) is 7.46. The van der Waals surface area contributed by atoms with Crippen LogP contribution in [0.5, 0.6) is 0 Å². The lowest BCUT2D eigenvalue weighted by Crippen LogP contribution is -2.76. The molecule has 12 heteroatoms. The van der Waals surface area contributed by atoms with Gasteiger partial charge in [-0.2, -0.15) is 0 Å². The molecule has 0 saturated heterocycles. The third kappa shape index (κ3) is 5.43. The number of rotatable bonds is 11. The molecule has 0 aromatic carbocycles. The molecule has 0 aliphatic heterocycles. The Morgan fingerprint density at radius 3 is 1.53 bits per heavy atom. The Kier molecular flexibility index (Phi) is 8.34. The number of ketones is 2. The Morgan fingerprint density at radius 1 is 0.750 bits per heavy atom. The van der Waals surface area contributed by atoms with Gasteiger partial charge in [0.05, 0.1) is 13.8 Å². The number of halogens is 2. The molecule has 0 N–H and O–H groups in total. The van der Waals surface area contributed by atoms with E-state index in [4.69, 9.17) is 23.6 Å². The molecule has 182 valence electrons. The van der Waals surface area contributed by atoms with Crippen molar-refractivity contribution in [3.8, 4) is 0 Å². The molecule has 0 aliphatic rings. The first-order chi connectivity index (χ1) is 17.4. The molecular weight excluding hydrogens is 543 g/mol. The second-order valence-electron chi connectivity index (χ2n) is 7.43. The van der Waals surface area contributed by atoms with Gasteiger partial charge in [0.2, 0.25) is 24.8 Å². The van der Waals surface area contributed by atoms with Crippen molar-refractivity contribution in [3.63, 3.8) is 0 Å². The molecule has 4 rings (SSSR count). The van der Waals surface area contributed by atoms with E-state index in [1.54, 1.807) is 71.7 Å². The molecule has 0 fully saturated rings. The number of hydrazine groups is 1. The summed E-state index contributed by atoms with van der Waals surface area (Å²) in [5.74, 6) is -2.71. The van der Waals surface area contributed by atoms with Crippen LogP contribution < -0.4 is 14.6 Å². The highest BCUT2D eigenvalue weighted by atomic mass is 35.5. The van der Waals surface area contributed by atoms with E-state index in [0.29, 0.717) is 33.5 Å². The van der Waals surface area contributed by atoms with Gasteiger partial charge in [-0.15, -0.1) is 22.7 Å². The minimum absolute atomic E-state index is 0.325. The van der Waals surface area contributed by atoms with E-state index in [0.717, 1.165) is 4.05 Å². The number of carbonyl (C=O) groups excluding carboxylic acids is 4. The summed E-state index contributed by atoms with van der Waals surface area (Å²) in [5, 5.41) is 4.78. The minimum Gasteiger partial charge on any atom is -0.302 e. The van der Waals surface area contributed by atoms with E-state index >= 15 is 0 Å². The van der Waals surface area contributed by atoms with Crippen LogP contribution in [-0.4, -0.2) is 28.2 Å². The van der Waals surface area contributed by atoms with Crippen LogP contribution in [0.4, 0.5) is 0 Å². The summed E-state index contributed by atoms with van der Waals surface area (Å²) in [6.45, 7) is 0. The molecule has 0 radical (unpaired) electrons. The van der Waals surface area contributed by atoms with Crippen molar-refractivity contribution in [1.29, 1.82) is 0 Å². The molecular formula is C24H18Cl2N4O4S2+2. The van der Waals surface area contributed by atoms with Gasteiger partial charge in [-0.3, -0.25) is 9.59 Å². The molecule has 0 bridgehead atoms. The fraction of sp³-hybridized carbons (Fsp3) is 0.0833. The molecule has 0 amide bonds. The van der Waals surface area contributed by atoms with Crippen LogP contribution in [0.2, 0.25) is 0 Å². The fourth-order valence-corrected chi connectivity index (χ4v) is 5.28. The van der Waals surface area contributed by atoms with Crippen molar-refractivity contribution in [2.45, 2.75) is 11.8 Å². The number of hydrogen-bond acceptors (Lipinski definition) is 8. The molecule has 0 saturated carbocycles. The lowest BCUT2D eigenvalue weighted by Gasteiger charge is -2.14. The van der Waals surface area contributed by atoms with E-state index in [2.05, 4.69) is 0 Å². The van der Waals surface area contributed by atoms with Crippen molar-refractivity contribution < 1.29 is 28.5 Å². The smallest absolute Gasteiger partial charge is 0.211 e. The molecule has 0 aliphatic carbocycles. The lowest BCUT2D eigenvalue weighted by atomic mass is 9.97. The quantitative estimate of drug-likeness (QED) is 0.0695. The standard InChI is InChI=1S/C24H18Cl2N4O4S2/c25-29(26)30(27-9-1-5-17(13-27)19(15-31)23(33)21-7-3-11-35-21)28-10-2-6-18(14-28)20(16-32)24(34)22-8-4-12-36-22/h1-16,19-20H/q+2. The number of nitrogens with zero attached hydrogens (tertiary/aromatic N) is 4. The summed E-state index contributed by atoms with van der Waals surface area (Å²) in [6, 6.07) is 13.4. The zero-order chi connectivity index (χ0) is 25.7. The molecule has 4 aromatic heterocycles. The van der Waals surface area contributed by atoms with Gasteiger partial charge in [0.15, 0.2) is 16.8 Å². The second kappa shape index (κ2) is 11.6. The van der Waals surface area contributed by atoms with Gasteiger partial charge in [0, 0.05) is 46.8 Å². The Morgan fingerprint density at radius 2 is 1.19 bits per heavy atom. The molecule has 4 aromatic rings. The van der Waals surface area contributed by atoms with Gasteiger partial charge in [0.1, 0.15) is 24.4 Å². The summed E-state index contributed by atoms with van der Waals surface area (Å²) in [5.41, 5.74) is 0.836. The molecule has 4 heterocycles. The van der Waals surface area contributed by atoms with Gasteiger partial charge >= 0.3 is 0 Å². The number of thiophene rings is 2. The maximum Gasteiger partial charge on any atom is 0.211 e. The highest BCUT2D eigenvalue weighted by Crippen LogP contribution is 2.22. The van der Waals surface area contributed by atoms with Crippen molar-refractivity contribution in [3.05, 3.63) is 105 Å². The number of Topliss-reactive ketones (excluding diaryl/α,β-unsaturated/α-hetero) is 2. The normalized spacial score (nSPS) is 12.6. The van der Waals surface area contributed by atoms with Crippen LogP contribution in [0.1, 0.15) is 42.3 Å². The first-order valence-corrected chi connectivity index (χ1v) is 12.9. The Hall–Kier alpha value is -3.28. The fourth-order valence-electron chi connectivity index (χ4n) is 3.56. The van der Waals surface area contributed by atoms with Crippen LogP contribution in [0, 0.1) is 0 Å². The van der Waals surface area contributed by atoms with Crippen molar-refractivity contribution in [2.24, 2.45) is 0 Å². The highest BCUT2D eigenvalue weighted by molar-refractivity contribution is 7.12. The van der Waals surface area contributed by atoms with E-state index in [1.807, 2.05) is 0 Å². The van der Waals surface area contributed by atoms with Crippen LogP contribution in [-0.2, 0) is 9.59 Å². The SMILES string of the molecule is O=CC(C(=O)c1cccs1)c1ccc[n+](N(N(Cl)Cl)[n+]2cccc(C(C=O)C(=O)c3cccs3)c2)c1. The zero-order valence-electron chi connectivity index (χ0n) is 18.4. The molecule has 8 nitrogen and oxygen atoms in total. The molecule has 2 unspecified atom stereocenters. The Bertz CT molecular complexity index is 1280.